The number of carbonyl (C=O) groups is 5. The van der Waals surface area contributed by atoms with E-state index in [2.05, 4.69) is 40.2 Å². The first kappa shape index (κ1) is 41.2. The van der Waals surface area contributed by atoms with Crippen molar-refractivity contribution in [1.29, 1.82) is 0 Å². The number of methoxy groups -OCH3 is 2. The monoisotopic (exact) mass is 831 g/mol. The normalized spacial score (nSPS) is 14.8. The Bertz CT molecular complexity index is 2670. The third-order valence-corrected chi connectivity index (χ3v) is 11.5. The van der Waals surface area contributed by atoms with Crippen molar-refractivity contribution >= 4 is 57.6 Å². The number of likely N-dealkylation sites (N-methyl/N-ethyl adjacent to an activating group) is 1. The molecule has 2 unspecified atom stereocenters. The molecule has 4 amide bonds. The number of carbonyl (C=O) groups excluding carboxylic acids is 5. The number of rotatable bonds is 11. The van der Waals surface area contributed by atoms with Gasteiger partial charge >= 0.3 is 12.1 Å². The molecule has 3 N–H and O–H groups in total. The lowest BCUT2D eigenvalue weighted by Crippen LogP contribution is -2.55. The maximum atomic E-state index is 14.8. The molecule has 8 rings (SSSR count). The third-order valence-electron chi connectivity index (χ3n) is 11.5. The second-order valence-electron chi connectivity index (χ2n) is 15.1. The van der Waals surface area contributed by atoms with Crippen LogP contribution in [0.15, 0.2) is 127 Å². The molecule has 0 spiro atoms. The zero-order valence-electron chi connectivity index (χ0n) is 34.6. The van der Waals surface area contributed by atoms with Gasteiger partial charge in [-0.2, -0.15) is 0 Å². The van der Waals surface area contributed by atoms with E-state index in [4.69, 9.17) is 14.2 Å². The largest absolute Gasteiger partial charge is 0.496 e. The van der Waals surface area contributed by atoms with Crippen molar-refractivity contribution < 1.29 is 38.2 Å². The van der Waals surface area contributed by atoms with Gasteiger partial charge < -0.3 is 34.6 Å². The molecular weight excluding hydrogens is 787 g/mol. The topological polar surface area (TPSA) is 156 Å². The van der Waals surface area contributed by atoms with E-state index in [1.165, 1.54) is 19.1 Å². The number of benzene rings is 6. The van der Waals surface area contributed by atoms with Crippen LogP contribution in [0.2, 0.25) is 0 Å². The summed E-state index contributed by atoms with van der Waals surface area (Å²) in [6.45, 7) is 1.64. The summed E-state index contributed by atoms with van der Waals surface area (Å²) in [7, 11) is 4.49. The molecular formula is C49H45N5O8. The molecule has 1 heterocycles. The maximum absolute atomic E-state index is 14.8. The number of nitrogens with one attached hydrogen (secondary N) is 3. The van der Waals surface area contributed by atoms with E-state index in [9.17, 15) is 24.0 Å². The molecule has 13 heteroatoms. The number of para-hydroxylation sites is 2. The summed E-state index contributed by atoms with van der Waals surface area (Å²) in [6.07, 6.45) is -0.632. The SMILES string of the molecule is CNC(C)C(=O)NC1CN(C(=O)c2ccc(NC(=O)OCC3c4ccccc4-c4ccccc43)cc2)c2ccccc2N(Cc2c(OC)ccc3cc(C(=O)OC)ccc23)C1=O. The fourth-order valence-corrected chi connectivity index (χ4v) is 8.21. The molecule has 6 aromatic rings. The fraction of sp³-hybridized carbons (Fsp3) is 0.204. The number of anilines is 3. The van der Waals surface area contributed by atoms with Crippen molar-refractivity contribution in [1.82, 2.24) is 10.6 Å². The Labute approximate surface area is 358 Å². The second kappa shape index (κ2) is 17.6. The van der Waals surface area contributed by atoms with Gasteiger partial charge in [-0.3, -0.25) is 19.7 Å². The lowest BCUT2D eigenvalue weighted by Gasteiger charge is -2.27. The lowest BCUT2D eigenvalue weighted by molar-refractivity contribution is -0.128. The number of esters is 1. The smallest absolute Gasteiger partial charge is 0.411 e. The summed E-state index contributed by atoms with van der Waals surface area (Å²) < 4.78 is 16.5. The van der Waals surface area contributed by atoms with Gasteiger partial charge in [0.1, 0.15) is 18.4 Å². The van der Waals surface area contributed by atoms with E-state index in [0.29, 0.717) is 33.9 Å². The molecule has 62 heavy (non-hydrogen) atoms. The van der Waals surface area contributed by atoms with E-state index in [1.807, 2.05) is 30.3 Å². The Balaban J connectivity index is 1.06. The number of ether oxygens (including phenoxy) is 3. The van der Waals surface area contributed by atoms with Gasteiger partial charge in [0.05, 0.1) is 50.3 Å². The summed E-state index contributed by atoms with van der Waals surface area (Å²) in [6, 6.07) is 36.6. The number of fused-ring (bicyclic) bond motifs is 5. The van der Waals surface area contributed by atoms with Crippen molar-refractivity contribution in [3.8, 4) is 16.9 Å². The number of nitrogens with zero attached hydrogens (tertiary/aromatic N) is 2. The molecule has 0 saturated carbocycles. The van der Waals surface area contributed by atoms with E-state index >= 15 is 0 Å². The van der Waals surface area contributed by atoms with E-state index in [-0.39, 0.29) is 31.2 Å². The average Bonchev–Trinajstić information content (AvgIpc) is 3.57. The first-order valence-electron chi connectivity index (χ1n) is 20.2. The quantitative estimate of drug-likeness (QED) is 0.114. The third kappa shape index (κ3) is 7.93. The molecule has 0 fully saturated rings. The minimum absolute atomic E-state index is 0.000147. The molecule has 1 aliphatic heterocycles. The Morgan fingerprint density at radius 3 is 2.08 bits per heavy atom. The Morgan fingerprint density at radius 1 is 0.774 bits per heavy atom. The Hall–Kier alpha value is -7.51. The second-order valence-corrected chi connectivity index (χ2v) is 15.1. The van der Waals surface area contributed by atoms with Crippen molar-refractivity contribution in [2.24, 2.45) is 0 Å². The van der Waals surface area contributed by atoms with Crippen LogP contribution >= 0.6 is 0 Å². The van der Waals surface area contributed by atoms with Crippen LogP contribution in [0.4, 0.5) is 21.9 Å². The van der Waals surface area contributed by atoms with E-state index < -0.39 is 41.9 Å². The van der Waals surface area contributed by atoms with Crippen LogP contribution in [0.3, 0.4) is 0 Å². The fourth-order valence-electron chi connectivity index (χ4n) is 8.21. The predicted molar refractivity (Wildman–Crippen MR) is 237 cm³/mol. The number of hydrogen-bond donors (Lipinski definition) is 3. The van der Waals surface area contributed by atoms with Gasteiger partial charge in [-0.05, 0) is 102 Å². The van der Waals surface area contributed by atoms with Crippen LogP contribution in [0.5, 0.6) is 5.75 Å². The van der Waals surface area contributed by atoms with Gasteiger partial charge in [-0.25, -0.2) is 9.59 Å². The van der Waals surface area contributed by atoms with Crippen molar-refractivity contribution in [2.45, 2.75) is 31.5 Å². The molecule has 0 saturated heterocycles. The highest BCUT2D eigenvalue weighted by atomic mass is 16.5. The van der Waals surface area contributed by atoms with Gasteiger partial charge in [0.25, 0.3) is 11.8 Å². The highest BCUT2D eigenvalue weighted by molar-refractivity contribution is 6.13. The summed E-state index contributed by atoms with van der Waals surface area (Å²) in [5.41, 5.74) is 7.06. The standard InChI is InChI=1S/C49H45N5O8/c1-29(50-2)45(55)52-41-27-54(43-16-10-9-15-42(43)53(47(41)57)26-39-34-23-19-32(48(58)61-4)25-31(34)20-24-44(39)60-3)46(56)30-17-21-33(22-18-30)51-49(59)62-28-40-37-13-7-5-11-35(37)36-12-6-8-14-38(36)40/h5-25,29,40-41,50H,26-28H2,1-4H3,(H,51,59)(H,52,55). The Kier molecular flexibility index (Phi) is 11.7. The van der Waals surface area contributed by atoms with Crippen LogP contribution in [-0.2, 0) is 25.6 Å². The van der Waals surface area contributed by atoms with Crippen molar-refractivity contribution in [3.05, 3.63) is 155 Å². The summed E-state index contributed by atoms with van der Waals surface area (Å²) in [5.74, 6) is -1.39. The zero-order valence-corrected chi connectivity index (χ0v) is 34.6. The van der Waals surface area contributed by atoms with Gasteiger partial charge in [0.15, 0.2) is 0 Å². The summed E-state index contributed by atoms with van der Waals surface area (Å²) in [5, 5.41) is 10.0. The highest BCUT2D eigenvalue weighted by Crippen LogP contribution is 2.44. The van der Waals surface area contributed by atoms with Gasteiger partial charge in [0, 0.05) is 22.7 Å². The lowest BCUT2D eigenvalue weighted by atomic mass is 9.98. The molecule has 6 aromatic carbocycles. The number of hydrogen-bond acceptors (Lipinski definition) is 9. The zero-order chi connectivity index (χ0) is 43.5. The first-order valence-corrected chi connectivity index (χ1v) is 20.2. The summed E-state index contributed by atoms with van der Waals surface area (Å²) in [4.78, 5) is 71.2. The predicted octanol–water partition coefficient (Wildman–Crippen LogP) is 7.28. The minimum Gasteiger partial charge on any atom is -0.496 e. The molecule has 2 atom stereocenters. The molecule has 314 valence electrons. The van der Waals surface area contributed by atoms with E-state index in [1.54, 1.807) is 91.7 Å². The maximum Gasteiger partial charge on any atom is 0.411 e. The first-order chi connectivity index (χ1) is 30.1. The van der Waals surface area contributed by atoms with Crippen LogP contribution < -0.4 is 30.5 Å². The van der Waals surface area contributed by atoms with Gasteiger partial charge in [-0.1, -0.05) is 72.8 Å². The van der Waals surface area contributed by atoms with Crippen LogP contribution in [0.25, 0.3) is 21.9 Å². The molecule has 1 aliphatic carbocycles. The van der Waals surface area contributed by atoms with Gasteiger partial charge in [0.2, 0.25) is 5.91 Å². The molecule has 2 aliphatic rings. The number of amides is 4. The molecule has 0 bridgehead atoms. The molecule has 0 radical (unpaired) electrons. The van der Waals surface area contributed by atoms with Crippen molar-refractivity contribution in [3.63, 3.8) is 0 Å². The minimum atomic E-state index is -1.16. The van der Waals surface area contributed by atoms with Crippen molar-refractivity contribution in [2.75, 3.05) is 49.5 Å². The highest BCUT2D eigenvalue weighted by Gasteiger charge is 2.38. The van der Waals surface area contributed by atoms with Gasteiger partial charge in [-0.15, -0.1) is 0 Å². The van der Waals surface area contributed by atoms with Crippen LogP contribution in [0, 0.1) is 0 Å². The van der Waals surface area contributed by atoms with Crippen LogP contribution in [0.1, 0.15) is 50.2 Å². The molecule has 0 aromatic heterocycles. The Morgan fingerprint density at radius 2 is 1.42 bits per heavy atom. The molecule has 13 nitrogen and oxygen atoms in total. The van der Waals surface area contributed by atoms with Crippen LogP contribution in [-0.4, -0.2) is 76.3 Å². The van der Waals surface area contributed by atoms with E-state index in [0.717, 1.165) is 33.0 Å². The summed E-state index contributed by atoms with van der Waals surface area (Å²) >= 11 is 0. The average molecular weight is 832 g/mol.